The lowest BCUT2D eigenvalue weighted by molar-refractivity contribution is -0.116. The van der Waals surface area contributed by atoms with Gasteiger partial charge in [0.25, 0.3) is 0 Å². The summed E-state index contributed by atoms with van der Waals surface area (Å²) in [6.07, 6.45) is 1.29. The van der Waals surface area contributed by atoms with Crippen LogP contribution in [0.3, 0.4) is 0 Å². The minimum Gasteiger partial charge on any atom is -0.339 e. The number of benzene rings is 1. The molecule has 0 saturated carbocycles. The number of carbonyl (C=O) groups excluding carboxylic acids is 1. The summed E-state index contributed by atoms with van der Waals surface area (Å²) in [6, 6.07) is 8.27. The number of carbonyl (C=O) groups is 1. The van der Waals surface area contributed by atoms with Crippen LogP contribution in [0.25, 0.3) is 0 Å². The minimum absolute atomic E-state index is 0.122. The lowest BCUT2D eigenvalue weighted by Crippen LogP contribution is -2.36. The van der Waals surface area contributed by atoms with Crippen molar-refractivity contribution < 1.29 is 9.32 Å². The van der Waals surface area contributed by atoms with Crippen molar-refractivity contribution in [3.63, 3.8) is 0 Å². The van der Waals surface area contributed by atoms with Crippen LogP contribution in [0.4, 0.5) is 5.69 Å². The summed E-state index contributed by atoms with van der Waals surface area (Å²) in [5, 5.41) is 7.14. The first kappa shape index (κ1) is 16.0. The summed E-state index contributed by atoms with van der Waals surface area (Å²) < 4.78 is 5.29. The highest BCUT2D eigenvalue weighted by Gasteiger charge is 2.24. The monoisotopic (exact) mass is 332 g/mol. The fraction of sp³-hybridized carbons (Fsp3) is 0.438. The smallest absolute Gasteiger partial charge is 0.237 e. The van der Waals surface area contributed by atoms with E-state index in [1.165, 1.54) is 0 Å². The van der Waals surface area contributed by atoms with E-state index in [1.807, 2.05) is 36.2 Å². The molecule has 1 unspecified atom stereocenters. The van der Waals surface area contributed by atoms with Gasteiger partial charge in [-0.25, -0.2) is 0 Å². The third-order valence-electron chi connectivity index (χ3n) is 3.85. The number of nitrogens with one attached hydrogen (secondary N) is 1. The molecule has 23 heavy (non-hydrogen) atoms. The fourth-order valence-corrected chi connectivity index (χ4v) is 3.39. The number of fused-ring (bicyclic) bond motifs is 1. The van der Waals surface area contributed by atoms with E-state index in [2.05, 4.69) is 22.4 Å². The molecule has 2 aromatic rings. The van der Waals surface area contributed by atoms with Gasteiger partial charge in [0, 0.05) is 30.3 Å². The van der Waals surface area contributed by atoms with Crippen LogP contribution < -0.4 is 10.2 Å². The predicted molar refractivity (Wildman–Crippen MR) is 89.7 cm³/mol. The van der Waals surface area contributed by atoms with Crippen molar-refractivity contribution in [3.05, 3.63) is 36.0 Å². The molecule has 1 aliphatic heterocycles. The molecule has 122 valence electrons. The second-order valence-electron chi connectivity index (χ2n) is 5.55. The average Bonchev–Trinajstić information content (AvgIpc) is 3.01. The van der Waals surface area contributed by atoms with Crippen LogP contribution in [0.15, 0.2) is 33.7 Å². The molecule has 0 fully saturated rings. The summed E-state index contributed by atoms with van der Waals surface area (Å²) in [7, 11) is 1.91. The molecule has 0 spiro atoms. The molecule has 1 N–H and O–H groups in total. The number of aromatic nitrogens is 2. The lowest BCUT2D eigenvalue weighted by Gasteiger charge is -2.28. The maximum Gasteiger partial charge on any atom is 0.237 e. The van der Waals surface area contributed by atoms with E-state index >= 15 is 0 Å². The molecule has 1 aromatic heterocycles. The Kier molecular flexibility index (Phi) is 4.97. The molecular formula is C16H20N4O2S. The topological polar surface area (TPSA) is 71.3 Å². The maximum atomic E-state index is 12.2. The number of amides is 1. The number of hydrogen-bond donors (Lipinski definition) is 1. The quantitative estimate of drug-likeness (QED) is 0.871. The Morgan fingerprint density at radius 1 is 1.43 bits per heavy atom. The molecule has 3 rings (SSSR count). The number of hydrogen-bond acceptors (Lipinski definition) is 6. The van der Waals surface area contributed by atoms with Crippen molar-refractivity contribution in [2.24, 2.45) is 0 Å². The van der Waals surface area contributed by atoms with E-state index in [0.717, 1.165) is 17.0 Å². The molecular weight excluding hydrogens is 312 g/mol. The Labute approximate surface area is 139 Å². The van der Waals surface area contributed by atoms with Crippen LogP contribution in [-0.4, -0.2) is 41.4 Å². The van der Waals surface area contributed by atoms with Crippen molar-refractivity contribution in [1.29, 1.82) is 0 Å². The second kappa shape index (κ2) is 7.14. The Morgan fingerprint density at radius 3 is 3.09 bits per heavy atom. The van der Waals surface area contributed by atoms with Gasteiger partial charge in [-0.1, -0.05) is 17.3 Å². The average molecular weight is 332 g/mol. The SMILES string of the molecule is CNC(C)Cc1noc(CCN2C(=O)CSc3ccccc32)n1. The first-order valence-electron chi connectivity index (χ1n) is 7.68. The first-order valence-corrected chi connectivity index (χ1v) is 8.67. The van der Waals surface area contributed by atoms with E-state index in [1.54, 1.807) is 11.8 Å². The van der Waals surface area contributed by atoms with Crippen molar-refractivity contribution in [2.75, 3.05) is 24.2 Å². The molecule has 0 radical (unpaired) electrons. The second-order valence-corrected chi connectivity index (χ2v) is 6.57. The molecule has 0 saturated heterocycles. The van der Waals surface area contributed by atoms with E-state index in [0.29, 0.717) is 36.5 Å². The van der Waals surface area contributed by atoms with Gasteiger partial charge in [-0.15, -0.1) is 11.8 Å². The third-order valence-corrected chi connectivity index (χ3v) is 4.90. The van der Waals surface area contributed by atoms with Gasteiger partial charge >= 0.3 is 0 Å². The number of rotatable bonds is 6. The van der Waals surface area contributed by atoms with Crippen LogP contribution in [0, 0.1) is 0 Å². The third kappa shape index (κ3) is 3.73. The Morgan fingerprint density at radius 2 is 2.26 bits per heavy atom. The van der Waals surface area contributed by atoms with Crippen LogP contribution in [-0.2, 0) is 17.6 Å². The molecule has 1 aromatic carbocycles. The fourth-order valence-electron chi connectivity index (χ4n) is 2.46. The summed E-state index contributed by atoms with van der Waals surface area (Å²) >= 11 is 1.59. The number of para-hydroxylation sites is 1. The lowest BCUT2D eigenvalue weighted by atomic mass is 10.2. The molecule has 0 aliphatic carbocycles. The van der Waals surface area contributed by atoms with Crippen LogP contribution in [0.5, 0.6) is 0 Å². The first-order chi connectivity index (χ1) is 11.2. The Bertz CT molecular complexity index is 688. The molecule has 1 amide bonds. The zero-order chi connectivity index (χ0) is 16.2. The highest BCUT2D eigenvalue weighted by molar-refractivity contribution is 8.00. The summed E-state index contributed by atoms with van der Waals surface area (Å²) in [5.74, 6) is 1.87. The maximum absolute atomic E-state index is 12.2. The standard InChI is InChI=1S/C16H20N4O2S/c1-11(17-2)9-14-18-15(22-19-14)7-8-20-12-5-3-4-6-13(12)23-10-16(20)21/h3-6,11,17H,7-10H2,1-2H3. The minimum atomic E-state index is 0.122. The largest absolute Gasteiger partial charge is 0.339 e. The van der Waals surface area contributed by atoms with Gasteiger partial charge in [-0.05, 0) is 26.1 Å². The van der Waals surface area contributed by atoms with Crippen LogP contribution in [0.2, 0.25) is 0 Å². The van der Waals surface area contributed by atoms with Crippen molar-refractivity contribution in [3.8, 4) is 0 Å². The predicted octanol–water partition coefficient (Wildman–Crippen LogP) is 1.90. The van der Waals surface area contributed by atoms with Crippen molar-refractivity contribution in [1.82, 2.24) is 15.5 Å². The van der Waals surface area contributed by atoms with E-state index < -0.39 is 0 Å². The Balaban J connectivity index is 1.65. The van der Waals surface area contributed by atoms with E-state index in [9.17, 15) is 4.79 Å². The molecule has 1 aliphatic rings. The Hall–Kier alpha value is -1.86. The van der Waals surface area contributed by atoms with E-state index in [-0.39, 0.29) is 5.91 Å². The number of thioether (sulfide) groups is 1. The van der Waals surface area contributed by atoms with Gasteiger partial charge < -0.3 is 14.7 Å². The molecule has 2 heterocycles. The summed E-state index contributed by atoms with van der Waals surface area (Å²) in [6.45, 7) is 2.62. The van der Waals surface area contributed by atoms with Gasteiger partial charge in [0.15, 0.2) is 5.82 Å². The normalized spacial score (nSPS) is 15.6. The van der Waals surface area contributed by atoms with Gasteiger partial charge in [-0.3, -0.25) is 4.79 Å². The molecule has 6 nitrogen and oxygen atoms in total. The van der Waals surface area contributed by atoms with Gasteiger partial charge in [0.2, 0.25) is 11.8 Å². The van der Waals surface area contributed by atoms with E-state index in [4.69, 9.17) is 4.52 Å². The van der Waals surface area contributed by atoms with Gasteiger partial charge in [0.05, 0.1) is 11.4 Å². The van der Waals surface area contributed by atoms with Crippen molar-refractivity contribution >= 4 is 23.4 Å². The zero-order valence-electron chi connectivity index (χ0n) is 13.3. The summed E-state index contributed by atoms with van der Waals surface area (Å²) in [5.41, 5.74) is 0.970. The number of nitrogens with zero attached hydrogens (tertiary/aromatic N) is 3. The van der Waals surface area contributed by atoms with Gasteiger partial charge in [0.1, 0.15) is 0 Å². The van der Waals surface area contributed by atoms with Crippen molar-refractivity contribution in [2.45, 2.75) is 30.7 Å². The molecule has 7 heteroatoms. The summed E-state index contributed by atoms with van der Waals surface area (Å²) in [4.78, 5) is 19.6. The number of likely N-dealkylation sites (N-methyl/N-ethyl adjacent to an activating group) is 1. The molecule has 0 bridgehead atoms. The zero-order valence-corrected chi connectivity index (χ0v) is 14.1. The van der Waals surface area contributed by atoms with Crippen LogP contribution >= 0.6 is 11.8 Å². The number of anilines is 1. The highest BCUT2D eigenvalue weighted by atomic mass is 32.2. The molecule has 1 atom stereocenters. The van der Waals surface area contributed by atoms with Crippen LogP contribution in [0.1, 0.15) is 18.6 Å². The highest BCUT2D eigenvalue weighted by Crippen LogP contribution is 2.34. The van der Waals surface area contributed by atoms with Gasteiger partial charge in [-0.2, -0.15) is 4.98 Å².